The van der Waals surface area contributed by atoms with Gasteiger partial charge in [-0.15, -0.1) is 0 Å². The summed E-state index contributed by atoms with van der Waals surface area (Å²) in [6.45, 7) is 1.02. The molecule has 1 aromatic rings. The lowest BCUT2D eigenvalue weighted by Gasteiger charge is -2.36. The van der Waals surface area contributed by atoms with Crippen LogP contribution in [0.4, 0.5) is 0 Å². The van der Waals surface area contributed by atoms with Gasteiger partial charge in [0.15, 0.2) is 0 Å². The molecule has 1 heterocycles. The maximum atomic E-state index is 12.0. The topological polar surface area (TPSA) is 102 Å². The van der Waals surface area contributed by atoms with Gasteiger partial charge in [-0.05, 0) is 18.6 Å². The van der Waals surface area contributed by atoms with Crippen molar-refractivity contribution in [3.63, 3.8) is 0 Å². The lowest BCUT2D eigenvalue weighted by Crippen LogP contribution is -2.56. The number of carbonyl (C=O) groups excluding carboxylic acids is 3. The molecule has 8 nitrogen and oxygen atoms in total. The van der Waals surface area contributed by atoms with Crippen molar-refractivity contribution in [2.24, 2.45) is 0 Å². The van der Waals surface area contributed by atoms with Crippen molar-refractivity contribution < 1.29 is 19.5 Å². The second kappa shape index (κ2) is 9.30. The first-order valence-corrected chi connectivity index (χ1v) is 8.60. The molecule has 0 spiro atoms. The van der Waals surface area contributed by atoms with Gasteiger partial charge >= 0.3 is 0 Å². The van der Waals surface area contributed by atoms with E-state index in [2.05, 4.69) is 10.6 Å². The molecule has 0 unspecified atom stereocenters. The standard InChI is InChI=1S/C18H26N4O4/c1-21(2)17(25)12-22-9-8-14(15(23)11-22)20-16(24)10-19-18(26)13-6-4-3-5-7-13/h3-7,14-15,23H,8-12H2,1-2H3,(H,19,26)(H,20,24)/t14-,15-/m1/s1. The van der Waals surface area contributed by atoms with E-state index >= 15 is 0 Å². The first kappa shape index (κ1) is 19.9. The zero-order chi connectivity index (χ0) is 19.1. The normalized spacial score (nSPS) is 20.3. The minimum absolute atomic E-state index is 0.0247. The number of benzene rings is 1. The number of hydrogen-bond donors (Lipinski definition) is 3. The second-order valence-electron chi connectivity index (χ2n) is 6.60. The molecule has 1 fully saturated rings. The molecule has 2 atom stereocenters. The molecular formula is C18H26N4O4. The summed E-state index contributed by atoms with van der Waals surface area (Å²) < 4.78 is 0. The van der Waals surface area contributed by atoms with Crippen molar-refractivity contribution >= 4 is 17.7 Å². The quantitative estimate of drug-likeness (QED) is 0.606. The number of aliphatic hydroxyl groups is 1. The van der Waals surface area contributed by atoms with E-state index in [-0.39, 0.29) is 36.9 Å². The average molecular weight is 362 g/mol. The Bertz CT molecular complexity index is 635. The van der Waals surface area contributed by atoms with E-state index in [9.17, 15) is 19.5 Å². The molecule has 0 aromatic heterocycles. The largest absolute Gasteiger partial charge is 0.390 e. The summed E-state index contributed by atoms with van der Waals surface area (Å²) in [5.41, 5.74) is 0.485. The molecular weight excluding hydrogens is 336 g/mol. The molecule has 0 bridgehead atoms. The molecule has 0 radical (unpaired) electrons. The number of β-amino-alcohol motifs (C(OH)–C–C–N with tert-alkyl or cyclic N) is 1. The number of piperidine rings is 1. The first-order chi connectivity index (χ1) is 12.4. The van der Waals surface area contributed by atoms with E-state index in [1.807, 2.05) is 11.0 Å². The number of aliphatic hydroxyl groups excluding tert-OH is 1. The van der Waals surface area contributed by atoms with E-state index in [1.54, 1.807) is 38.4 Å². The average Bonchev–Trinajstić information content (AvgIpc) is 2.62. The summed E-state index contributed by atoms with van der Waals surface area (Å²) in [6.07, 6.45) is -0.215. The van der Waals surface area contributed by atoms with Crippen LogP contribution in [0.1, 0.15) is 16.8 Å². The van der Waals surface area contributed by atoms with Crippen LogP contribution < -0.4 is 10.6 Å². The summed E-state index contributed by atoms with van der Waals surface area (Å²) in [5, 5.41) is 15.5. The fourth-order valence-corrected chi connectivity index (χ4v) is 2.75. The van der Waals surface area contributed by atoms with E-state index < -0.39 is 6.10 Å². The van der Waals surface area contributed by atoms with Crippen LogP contribution in [0.3, 0.4) is 0 Å². The van der Waals surface area contributed by atoms with Crippen molar-refractivity contribution in [2.45, 2.75) is 18.6 Å². The van der Waals surface area contributed by atoms with E-state index in [1.165, 1.54) is 4.90 Å². The Balaban J connectivity index is 1.74. The zero-order valence-electron chi connectivity index (χ0n) is 15.1. The van der Waals surface area contributed by atoms with Crippen LogP contribution >= 0.6 is 0 Å². The second-order valence-corrected chi connectivity index (χ2v) is 6.60. The Hall–Kier alpha value is -2.45. The fraction of sp³-hybridized carbons (Fsp3) is 0.500. The van der Waals surface area contributed by atoms with Gasteiger partial charge in [0.1, 0.15) is 0 Å². The molecule has 142 valence electrons. The number of likely N-dealkylation sites (tertiary alicyclic amines) is 1. The molecule has 2 rings (SSSR count). The molecule has 1 saturated heterocycles. The number of rotatable bonds is 6. The van der Waals surface area contributed by atoms with Gasteiger partial charge in [-0.2, -0.15) is 0 Å². The third-order valence-electron chi connectivity index (χ3n) is 4.32. The number of likely N-dealkylation sites (N-methyl/N-ethyl adjacent to an activating group) is 1. The number of nitrogens with one attached hydrogen (secondary N) is 2. The maximum absolute atomic E-state index is 12.0. The van der Waals surface area contributed by atoms with Crippen molar-refractivity contribution in [1.82, 2.24) is 20.4 Å². The van der Waals surface area contributed by atoms with E-state index in [4.69, 9.17) is 0 Å². The number of amides is 3. The molecule has 3 N–H and O–H groups in total. The van der Waals surface area contributed by atoms with Gasteiger partial charge in [0.2, 0.25) is 11.8 Å². The smallest absolute Gasteiger partial charge is 0.251 e. The molecule has 0 aliphatic carbocycles. The van der Waals surface area contributed by atoms with Gasteiger partial charge in [-0.3, -0.25) is 19.3 Å². The molecule has 1 aliphatic rings. The van der Waals surface area contributed by atoms with Crippen molar-refractivity contribution in [3.8, 4) is 0 Å². The number of carbonyl (C=O) groups is 3. The molecule has 3 amide bonds. The monoisotopic (exact) mass is 362 g/mol. The highest BCUT2D eigenvalue weighted by Crippen LogP contribution is 2.11. The highest BCUT2D eigenvalue weighted by molar-refractivity contribution is 5.96. The van der Waals surface area contributed by atoms with Crippen LogP contribution in [0.15, 0.2) is 30.3 Å². The van der Waals surface area contributed by atoms with Gasteiger partial charge in [0.05, 0.1) is 25.2 Å². The van der Waals surface area contributed by atoms with Crippen LogP contribution in [0.25, 0.3) is 0 Å². The Labute approximate surface area is 153 Å². The fourth-order valence-electron chi connectivity index (χ4n) is 2.75. The Kier molecular flexibility index (Phi) is 7.11. The summed E-state index contributed by atoms with van der Waals surface area (Å²) >= 11 is 0. The van der Waals surface area contributed by atoms with E-state index in [0.717, 1.165) is 0 Å². The summed E-state index contributed by atoms with van der Waals surface area (Å²) in [4.78, 5) is 39.1. The number of hydrogen-bond acceptors (Lipinski definition) is 5. The number of nitrogens with zero attached hydrogens (tertiary/aromatic N) is 2. The van der Waals surface area contributed by atoms with Crippen molar-refractivity contribution in [1.29, 1.82) is 0 Å². The highest BCUT2D eigenvalue weighted by Gasteiger charge is 2.29. The molecule has 26 heavy (non-hydrogen) atoms. The van der Waals surface area contributed by atoms with Gasteiger partial charge in [0, 0.05) is 32.7 Å². The predicted molar refractivity (Wildman–Crippen MR) is 96.5 cm³/mol. The molecule has 0 saturated carbocycles. The van der Waals surface area contributed by atoms with Gasteiger partial charge < -0.3 is 20.6 Å². The van der Waals surface area contributed by atoms with Crippen LogP contribution in [0.5, 0.6) is 0 Å². The van der Waals surface area contributed by atoms with Crippen LogP contribution in [0.2, 0.25) is 0 Å². The minimum Gasteiger partial charge on any atom is -0.390 e. The van der Waals surface area contributed by atoms with Crippen LogP contribution in [-0.2, 0) is 9.59 Å². The lowest BCUT2D eigenvalue weighted by molar-refractivity contribution is -0.131. The SMILES string of the molecule is CN(C)C(=O)CN1CC[C@@H](NC(=O)CNC(=O)c2ccccc2)[C@H](O)C1. The Morgan fingerprint density at radius 1 is 1.23 bits per heavy atom. The third kappa shape index (κ3) is 5.82. The lowest BCUT2D eigenvalue weighted by atomic mass is 10.0. The summed E-state index contributed by atoms with van der Waals surface area (Å²) in [7, 11) is 3.38. The molecule has 8 heteroatoms. The van der Waals surface area contributed by atoms with Gasteiger partial charge in [-0.1, -0.05) is 18.2 Å². The van der Waals surface area contributed by atoms with Crippen molar-refractivity contribution in [2.75, 3.05) is 40.3 Å². The van der Waals surface area contributed by atoms with E-state index in [0.29, 0.717) is 25.1 Å². The van der Waals surface area contributed by atoms with Gasteiger partial charge in [0.25, 0.3) is 5.91 Å². The summed E-state index contributed by atoms with van der Waals surface area (Å²) in [5.74, 6) is -0.697. The Morgan fingerprint density at radius 3 is 2.54 bits per heavy atom. The summed E-state index contributed by atoms with van der Waals surface area (Å²) in [6, 6.07) is 8.26. The molecule has 1 aromatic carbocycles. The zero-order valence-corrected chi connectivity index (χ0v) is 15.1. The van der Waals surface area contributed by atoms with Crippen LogP contribution in [0, 0.1) is 0 Å². The van der Waals surface area contributed by atoms with Crippen LogP contribution in [-0.4, -0.2) is 85.0 Å². The first-order valence-electron chi connectivity index (χ1n) is 8.60. The highest BCUT2D eigenvalue weighted by atomic mass is 16.3. The Morgan fingerprint density at radius 2 is 1.92 bits per heavy atom. The van der Waals surface area contributed by atoms with Gasteiger partial charge in [-0.25, -0.2) is 0 Å². The maximum Gasteiger partial charge on any atom is 0.251 e. The minimum atomic E-state index is -0.757. The third-order valence-corrected chi connectivity index (χ3v) is 4.32. The predicted octanol–water partition coefficient (Wildman–Crippen LogP) is -0.944. The molecule has 1 aliphatic heterocycles. The van der Waals surface area contributed by atoms with Crippen molar-refractivity contribution in [3.05, 3.63) is 35.9 Å².